The van der Waals surface area contributed by atoms with Gasteiger partial charge in [-0.25, -0.2) is 0 Å². The maximum absolute atomic E-state index is 12.0. The fourth-order valence-corrected chi connectivity index (χ4v) is 2.44. The van der Waals surface area contributed by atoms with Gasteiger partial charge in [0.15, 0.2) is 0 Å². The van der Waals surface area contributed by atoms with Crippen LogP contribution in [0.5, 0.6) is 0 Å². The van der Waals surface area contributed by atoms with Gasteiger partial charge in [-0.1, -0.05) is 6.92 Å². The lowest BCUT2D eigenvalue weighted by atomic mass is 9.97. The topological polar surface area (TPSA) is 75.4 Å². The molecule has 1 fully saturated rings. The van der Waals surface area contributed by atoms with Crippen LogP contribution in [0, 0.1) is 5.92 Å². The van der Waals surface area contributed by atoms with Gasteiger partial charge in [0.25, 0.3) is 0 Å². The predicted octanol–water partition coefficient (Wildman–Crippen LogP) is 0.879. The fourth-order valence-electron chi connectivity index (χ4n) is 2.44. The minimum absolute atomic E-state index is 0.0860. The first-order valence-corrected chi connectivity index (χ1v) is 7.33. The third-order valence-corrected chi connectivity index (χ3v) is 3.43. The van der Waals surface area contributed by atoms with Crippen molar-refractivity contribution in [2.45, 2.75) is 52.0 Å². The van der Waals surface area contributed by atoms with Crippen LogP contribution in [0.25, 0.3) is 0 Å². The Hall–Kier alpha value is -1.10. The van der Waals surface area contributed by atoms with Gasteiger partial charge in [0, 0.05) is 38.5 Å². The number of hydrogen-bond donors (Lipinski definition) is 2. The Morgan fingerprint density at radius 2 is 2.21 bits per heavy atom. The third kappa shape index (κ3) is 6.05. The van der Waals surface area contributed by atoms with Crippen LogP contribution >= 0.6 is 0 Å². The molecule has 1 heterocycles. The molecule has 110 valence electrons. The molecule has 3 N–H and O–H groups in total. The standard InChI is InChI=1S/C14H27N3O2/c1-3-5-13(18)16-9-12-6-4-7-17(10-12)14(19)8-11(2)15/h11-12H,3-10,15H2,1-2H3,(H,16,18). The largest absolute Gasteiger partial charge is 0.356 e. The van der Waals surface area contributed by atoms with E-state index in [0.717, 1.165) is 32.4 Å². The number of carbonyl (C=O) groups excluding carboxylic acids is 2. The van der Waals surface area contributed by atoms with Crippen LogP contribution < -0.4 is 11.1 Å². The van der Waals surface area contributed by atoms with Gasteiger partial charge in [0.2, 0.25) is 11.8 Å². The Bertz CT molecular complexity index is 305. The molecule has 19 heavy (non-hydrogen) atoms. The lowest BCUT2D eigenvalue weighted by Gasteiger charge is -2.33. The lowest BCUT2D eigenvalue weighted by molar-refractivity contribution is -0.133. The molecule has 0 aromatic rings. The number of carbonyl (C=O) groups is 2. The van der Waals surface area contributed by atoms with Crippen molar-refractivity contribution in [3.8, 4) is 0 Å². The van der Waals surface area contributed by atoms with Crippen LogP contribution in [-0.4, -0.2) is 42.4 Å². The second-order valence-corrected chi connectivity index (χ2v) is 5.58. The van der Waals surface area contributed by atoms with E-state index in [0.29, 0.717) is 25.3 Å². The smallest absolute Gasteiger partial charge is 0.224 e. The van der Waals surface area contributed by atoms with Gasteiger partial charge < -0.3 is 16.0 Å². The van der Waals surface area contributed by atoms with Crippen LogP contribution in [-0.2, 0) is 9.59 Å². The number of piperidine rings is 1. The SMILES string of the molecule is CCCC(=O)NCC1CCCN(C(=O)CC(C)N)C1. The minimum Gasteiger partial charge on any atom is -0.356 e. The molecule has 0 aromatic heterocycles. The summed E-state index contributed by atoms with van der Waals surface area (Å²) < 4.78 is 0. The summed E-state index contributed by atoms with van der Waals surface area (Å²) >= 11 is 0. The maximum atomic E-state index is 12.0. The predicted molar refractivity (Wildman–Crippen MR) is 75.5 cm³/mol. The molecule has 1 saturated heterocycles. The number of amides is 2. The minimum atomic E-state index is -0.0860. The number of nitrogens with zero attached hydrogens (tertiary/aromatic N) is 1. The second kappa shape index (κ2) is 8.15. The summed E-state index contributed by atoms with van der Waals surface area (Å²) in [4.78, 5) is 25.3. The summed E-state index contributed by atoms with van der Waals surface area (Å²) in [5.74, 6) is 0.632. The van der Waals surface area contributed by atoms with Gasteiger partial charge in [-0.15, -0.1) is 0 Å². The Labute approximate surface area is 115 Å². The van der Waals surface area contributed by atoms with Gasteiger partial charge in [0.05, 0.1) is 0 Å². The molecule has 0 radical (unpaired) electrons. The highest BCUT2D eigenvalue weighted by atomic mass is 16.2. The van der Waals surface area contributed by atoms with Crippen LogP contribution in [0.4, 0.5) is 0 Å². The van der Waals surface area contributed by atoms with Crippen molar-refractivity contribution in [2.24, 2.45) is 11.7 Å². The molecule has 0 spiro atoms. The van der Waals surface area contributed by atoms with E-state index in [1.807, 2.05) is 18.7 Å². The van der Waals surface area contributed by atoms with Crippen LogP contribution in [0.2, 0.25) is 0 Å². The van der Waals surface area contributed by atoms with E-state index in [1.165, 1.54) is 0 Å². The molecule has 0 saturated carbocycles. The van der Waals surface area contributed by atoms with E-state index in [1.54, 1.807) is 0 Å². The van der Waals surface area contributed by atoms with Crippen LogP contribution in [0.1, 0.15) is 46.0 Å². The van der Waals surface area contributed by atoms with Crippen molar-refractivity contribution in [3.05, 3.63) is 0 Å². The molecule has 5 nitrogen and oxygen atoms in total. The molecule has 2 atom stereocenters. The normalized spacial score (nSPS) is 21.0. The number of nitrogens with one attached hydrogen (secondary N) is 1. The van der Waals surface area contributed by atoms with Gasteiger partial charge in [0.1, 0.15) is 0 Å². The molecule has 1 aliphatic heterocycles. The first-order chi connectivity index (χ1) is 9.02. The molecular formula is C14H27N3O2. The first-order valence-electron chi connectivity index (χ1n) is 7.33. The van der Waals surface area contributed by atoms with Crippen LogP contribution in [0.3, 0.4) is 0 Å². The number of rotatable bonds is 6. The Kier molecular flexibility index (Phi) is 6.84. The summed E-state index contributed by atoms with van der Waals surface area (Å²) in [6.45, 7) is 6.10. The molecule has 2 unspecified atom stereocenters. The van der Waals surface area contributed by atoms with Crippen molar-refractivity contribution in [2.75, 3.05) is 19.6 Å². The zero-order valence-corrected chi connectivity index (χ0v) is 12.2. The van der Waals surface area contributed by atoms with Crippen molar-refractivity contribution in [1.82, 2.24) is 10.2 Å². The lowest BCUT2D eigenvalue weighted by Crippen LogP contribution is -2.44. The number of nitrogens with two attached hydrogens (primary N) is 1. The van der Waals surface area contributed by atoms with Crippen molar-refractivity contribution in [1.29, 1.82) is 0 Å². The Morgan fingerprint density at radius 3 is 2.84 bits per heavy atom. The van der Waals surface area contributed by atoms with Crippen molar-refractivity contribution in [3.63, 3.8) is 0 Å². The highest BCUT2D eigenvalue weighted by Crippen LogP contribution is 2.16. The first kappa shape index (κ1) is 16.0. The monoisotopic (exact) mass is 269 g/mol. The zero-order chi connectivity index (χ0) is 14.3. The van der Waals surface area contributed by atoms with Crippen molar-refractivity contribution >= 4 is 11.8 Å². The van der Waals surface area contributed by atoms with E-state index >= 15 is 0 Å². The number of likely N-dealkylation sites (tertiary alicyclic amines) is 1. The zero-order valence-electron chi connectivity index (χ0n) is 12.2. The van der Waals surface area contributed by atoms with E-state index in [4.69, 9.17) is 5.73 Å². The summed E-state index contributed by atoms with van der Waals surface area (Å²) in [5.41, 5.74) is 5.66. The summed E-state index contributed by atoms with van der Waals surface area (Å²) in [7, 11) is 0. The van der Waals surface area contributed by atoms with E-state index in [9.17, 15) is 9.59 Å². The molecule has 0 bridgehead atoms. The Balaban J connectivity index is 2.33. The fraction of sp³-hybridized carbons (Fsp3) is 0.857. The van der Waals surface area contributed by atoms with E-state index < -0.39 is 0 Å². The molecule has 2 amide bonds. The van der Waals surface area contributed by atoms with E-state index in [-0.39, 0.29) is 17.9 Å². The summed E-state index contributed by atoms with van der Waals surface area (Å²) in [6.07, 6.45) is 3.96. The molecule has 5 heteroatoms. The molecule has 0 aliphatic carbocycles. The summed E-state index contributed by atoms with van der Waals surface area (Å²) in [6, 6.07) is -0.0860. The van der Waals surface area contributed by atoms with Gasteiger partial charge in [-0.05, 0) is 32.1 Å². The van der Waals surface area contributed by atoms with Gasteiger partial charge in [-0.2, -0.15) is 0 Å². The maximum Gasteiger partial charge on any atom is 0.224 e. The molecule has 0 aromatic carbocycles. The van der Waals surface area contributed by atoms with Gasteiger partial charge >= 0.3 is 0 Å². The molecule has 1 rings (SSSR count). The van der Waals surface area contributed by atoms with E-state index in [2.05, 4.69) is 5.32 Å². The summed E-state index contributed by atoms with van der Waals surface area (Å²) in [5, 5.41) is 2.95. The highest BCUT2D eigenvalue weighted by molar-refractivity contribution is 5.77. The number of hydrogen-bond acceptors (Lipinski definition) is 3. The van der Waals surface area contributed by atoms with Crippen LogP contribution in [0.15, 0.2) is 0 Å². The average Bonchev–Trinajstić information content (AvgIpc) is 2.36. The van der Waals surface area contributed by atoms with Crippen molar-refractivity contribution < 1.29 is 9.59 Å². The molecular weight excluding hydrogens is 242 g/mol. The molecule has 1 aliphatic rings. The highest BCUT2D eigenvalue weighted by Gasteiger charge is 2.24. The second-order valence-electron chi connectivity index (χ2n) is 5.58. The Morgan fingerprint density at radius 1 is 1.47 bits per heavy atom. The quantitative estimate of drug-likeness (QED) is 0.751. The van der Waals surface area contributed by atoms with Gasteiger partial charge in [-0.3, -0.25) is 9.59 Å². The average molecular weight is 269 g/mol. The third-order valence-electron chi connectivity index (χ3n) is 3.43.